The lowest BCUT2D eigenvalue weighted by atomic mass is 10.1. The summed E-state index contributed by atoms with van der Waals surface area (Å²) in [7, 11) is 0. The van der Waals surface area contributed by atoms with Crippen LogP contribution in [0.25, 0.3) is 0 Å². The molecule has 1 aromatic carbocycles. The third-order valence-electron chi connectivity index (χ3n) is 3.77. The minimum Gasteiger partial charge on any atom is -0.352 e. The van der Waals surface area contributed by atoms with E-state index in [0.717, 1.165) is 6.42 Å². The van der Waals surface area contributed by atoms with Gasteiger partial charge < -0.3 is 10.2 Å². The first kappa shape index (κ1) is 18.1. The zero-order chi connectivity index (χ0) is 16.7. The summed E-state index contributed by atoms with van der Waals surface area (Å²) in [4.78, 5) is 25.8. The number of hydrogen-bond donors (Lipinski definition) is 1. The van der Waals surface area contributed by atoms with Gasteiger partial charge in [0, 0.05) is 24.6 Å². The Kier molecular flexibility index (Phi) is 7.02. The first-order chi connectivity index (χ1) is 10.4. The molecule has 0 heterocycles. The lowest BCUT2D eigenvalue weighted by molar-refractivity contribution is -0.140. The molecule has 0 spiro atoms. The van der Waals surface area contributed by atoms with Crippen LogP contribution in [0.1, 0.15) is 46.1 Å². The number of nitrogens with zero attached hydrogens (tertiary/aromatic N) is 1. The van der Waals surface area contributed by atoms with Crippen LogP contribution in [0.5, 0.6) is 0 Å². The van der Waals surface area contributed by atoms with Gasteiger partial charge in [0.25, 0.3) is 0 Å². The Labute approximate surface area is 131 Å². The predicted octanol–water partition coefficient (Wildman–Crippen LogP) is 2.87. The van der Waals surface area contributed by atoms with Gasteiger partial charge >= 0.3 is 0 Å². The summed E-state index contributed by atoms with van der Waals surface area (Å²) in [5.41, 5.74) is 0.410. The average molecular weight is 308 g/mol. The summed E-state index contributed by atoms with van der Waals surface area (Å²) in [6, 6.07) is 5.71. The molecule has 0 aromatic heterocycles. The number of amides is 2. The maximum absolute atomic E-state index is 13.8. The maximum atomic E-state index is 13.8. The Morgan fingerprint density at radius 3 is 2.41 bits per heavy atom. The van der Waals surface area contributed by atoms with Crippen LogP contribution in [0.4, 0.5) is 4.39 Å². The molecule has 4 nitrogen and oxygen atoms in total. The number of halogens is 1. The van der Waals surface area contributed by atoms with Gasteiger partial charge in [-0.05, 0) is 26.3 Å². The van der Waals surface area contributed by atoms with Crippen LogP contribution in [0, 0.1) is 5.82 Å². The summed E-state index contributed by atoms with van der Waals surface area (Å²) in [6.07, 6.45) is 1.09. The van der Waals surface area contributed by atoms with Crippen molar-refractivity contribution in [3.05, 3.63) is 35.6 Å². The topological polar surface area (TPSA) is 49.4 Å². The van der Waals surface area contributed by atoms with Crippen molar-refractivity contribution in [3.8, 4) is 0 Å². The van der Waals surface area contributed by atoms with Crippen LogP contribution in [-0.2, 0) is 16.1 Å². The second-order valence-corrected chi connectivity index (χ2v) is 5.46. The van der Waals surface area contributed by atoms with Gasteiger partial charge in [-0.15, -0.1) is 0 Å². The summed E-state index contributed by atoms with van der Waals surface area (Å²) in [6.45, 7) is 7.38. The van der Waals surface area contributed by atoms with Crippen molar-refractivity contribution >= 4 is 11.8 Å². The van der Waals surface area contributed by atoms with Gasteiger partial charge in [0.05, 0.1) is 0 Å². The van der Waals surface area contributed by atoms with Crippen molar-refractivity contribution in [2.45, 2.75) is 59.2 Å². The smallest absolute Gasteiger partial charge is 0.242 e. The van der Waals surface area contributed by atoms with Crippen LogP contribution in [0.3, 0.4) is 0 Å². The Morgan fingerprint density at radius 1 is 1.23 bits per heavy atom. The highest BCUT2D eigenvalue weighted by atomic mass is 19.1. The first-order valence-electron chi connectivity index (χ1n) is 7.73. The monoisotopic (exact) mass is 308 g/mol. The molecule has 0 saturated heterocycles. The summed E-state index contributed by atoms with van der Waals surface area (Å²) < 4.78 is 13.8. The van der Waals surface area contributed by atoms with Crippen LogP contribution >= 0.6 is 0 Å². The van der Waals surface area contributed by atoms with Crippen molar-refractivity contribution in [2.75, 3.05) is 0 Å². The molecule has 0 aliphatic rings. The molecular weight excluding hydrogens is 283 g/mol. The fourth-order valence-corrected chi connectivity index (χ4v) is 2.06. The van der Waals surface area contributed by atoms with Crippen molar-refractivity contribution in [3.63, 3.8) is 0 Å². The molecule has 122 valence electrons. The highest BCUT2D eigenvalue weighted by molar-refractivity contribution is 5.87. The molecule has 0 bridgehead atoms. The first-order valence-corrected chi connectivity index (χ1v) is 7.73. The molecule has 0 radical (unpaired) electrons. The molecule has 2 amide bonds. The number of hydrogen-bond acceptors (Lipinski definition) is 2. The second-order valence-electron chi connectivity index (χ2n) is 5.46. The van der Waals surface area contributed by atoms with E-state index in [1.54, 1.807) is 32.0 Å². The minimum atomic E-state index is -0.638. The van der Waals surface area contributed by atoms with E-state index in [4.69, 9.17) is 0 Å². The van der Waals surface area contributed by atoms with Gasteiger partial charge in [-0.1, -0.05) is 32.0 Å². The Balaban J connectivity index is 2.91. The van der Waals surface area contributed by atoms with Gasteiger partial charge in [-0.2, -0.15) is 0 Å². The van der Waals surface area contributed by atoms with Crippen LogP contribution in [0.2, 0.25) is 0 Å². The summed E-state index contributed by atoms with van der Waals surface area (Å²) >= 11 is 0. The van der Waals surface area contributed by atoms with Crippen molar-refractivity contribution in [1.29, 1.82) is 0 Å². The highest BCUT2D eigenvalue weighted by Gasteiger charge is 2.26. The summed E-state index contributed by atoms with van der Waals surface area (Å²) in [5, 5.41) is 2.86. The normalized spacial score (nSPS) is 13.3. The van der Waals surface area contributed by atoms with E-state index in [1.165, 1.54) is 11.0 Å². The van der Waals surface area contributed by atoms with E-state index in [9.17, 15) is 14.0 Å². The number of rotatable bonds is 7. The van der Waals surface area contributed by atoms with Gasteiger partial charge in [-0.3, -0.25) is 9.59 Å². The van der Waals surface area contributed by atoms with E-state index in [1.807, 2.05) is 13.8 Å². The van der Waals surface area contributed by atoms with Crippen molar-refractivity contribution < 1.29 is 14.0 Å². The number of carbonyl (C=O) groups excluding carboxylic acids is 2. The largest absolute Gasteiger partial charge is 0.352 e. The molecule has 1 N–H and O–H groups in total. The lowest BCUT2D eigenvalue weighted by Gasteiger charge is -2.29. The van der Waals surface area contributed by atoms with Crippen LogP contribution in [0.15, 0.2) is 24.3 Å². The number of nitrogens with one attached hydrogen (secondary N) is 1. The fraction of sp³-hybridized carbons (Fsp3) is 0.529. The molecule has 0 aliphatic carbocycles. The van der Waals surface area contributed by atoms with Crippen molar-refractivity contribution in [1.82, 2.24) is 10.2 Å². The molecule has 0 aliphatic heterocycles. The predicted molar refractivity (Wildman–Crippen MR) is 84.6 cm³/mol. The minimum absolute atomic E-state index is 0.0435. The van der Waals surface area contributed by atoms with E-state index < -0.39 is 6.04 Å². The SMILES string of the molecule is CCC(=O)N(Cc1ccccc1F)[C@H](C)C(=O)N[C@H](C)CC. The third kappa shape index (κ3) is 4.83. The Bertz CT molecular complexity index is 519. The number of carbonyl (C=O) groups is 2. The standard InChI is InChI=1S/C17H25FN2O2/c1-5-12(3)19-17(22)13(4)20(16(21)6-2)11-14-9-7-8-10-15(14)18/h7-10,12-13H,5-6,11H2,1-4H3,(H,19,22)/t12-,13-/m1/s1. The third-order valence-corrected chi connectivity index (χ3v) is 3.77. The molecule has 0 saturated carbocycles. The molecule has 0 unspecified atom stereocenters. The quantitative estimate of drug-likeness (QED) is 0.842. The van der Waals surface area contributed by atoms with E-state index in [-0.39, 0.29) is 36.6 Å². The van der Waals surface area contributed by atoms with E-state index in [2.05, 4.69) is 5.32 Å². The number of benzene rings is 1. The van der Waals surface area contributed by atoms with E-state index >= 15 is 0 Å². The highest BCUT2D eigenvalue weighted by Crippen LogP contribution is 2.14. The molecule has 0 fully saturated rings. The maximum Gasteiger partial charge on any atom is 0.242 e. The average Bonchev–Trinajstić information content (AvgIpc) is 2.52. The Hall–Kier alpha value is -1.91. The molecule has 2 atom stereocenters. The molecule has 1 aromatic rings. The van der Waals surface area contributed by atoms with Gasteiger partial charge in [0.15, 0.2) is 0 Å². The molecule has 5 heteroatoms. The van der Waals surface area contributed by atoms with Crippen molar-refractivity contribution in [2.24, 2.45) is 0 Å². The van der Waals surface area contributed by atoms with Crippen LogP contribution < -0.4 is 5.32 Å². The Morgan fingerprint density at radius 2 is 1.86 bits per heavy atom. The molecule has 22 heavy (non-hydrogen) atoms. The zero-order valence-corrected chi connectivity index (χ0v) is 13.7. The van der Waals surface area contributed by atoms with Gasteiger partial charge in [-0.25, -0.2) is 4.39 Å². The second kappa shape index (κ2) is 8.51. The van der Waals surface area contributed by atoms with Gasteiger partial charge in [0.1, 0.15) is 11.9 Å². The van der Waals surface area contributed by atoms with Crippen LogP contribution in [-0.4, -0.2) is 28.8 Å². The fourth-order valence-electron chi connectivity index (χ4n) is 2.06. The zero-order valence-electron chi connectivity index (χ0n) is 13.7. The summed E-state index contributed by atoms with van der Waals surface area (Å²) in [5.74, 6) is -0.756. The van der Waals surface area contributed by atoms with E-state index in [0.29, 0.717) is 5.56 Å². The lowest BCUT2D eigenvalue weighted by Crippen LogP contribution is -2.49. The molecule has 1 rings (SSSR count). The molecular formula is C17H25FN2O2. The van der Waals surface area contributed by atoms with Gasteiger partial charge in [0.2, 0.25) is 11.8 Å².